The van der Waals surface area contributed by atoms with E-state index in [2.05, 4.69) is 65.8 Å². The van der Waals surface area contributed by atoms with Crippen molar-refractivity contribution >= 4 is 12.6 Å². The van der Waals surface area contributed by atoms with Crippen molar-refractivity contribution in [3.63, 3.8) is 0 Å². The Morgan fingerprint density at radius 1 is 0.893 bits per heavy atom. The quantitative estimate of drug-likeness (QED) is 0.728. The van der Waals surface area contributed by atoms with Gasteiger partial charge in [0.2, 0.25) is 0 Å². The smallest absolute Gasteiger partial charge is 0.485 e. The van der Waals surface area contributed by atoms with Crippen LogP contribution in [-0.4, -0.2) is 24.9 Å². The summed E-state index contributed by atoms with van der Waals surface area (Å²) in [7, 11) is -0.403. The summed E-state index contributed by atoms with van der Waals surface area (Å²) in [4.78, 5) is 0. The lowest BCUT2D eigenvalue weighted by Gasteiger charge is -2.32. The third-order valence-electron chi connectivity index (χ3n) is 6.13. The SMILES string of the molecule is CC(C)c1ccc(C2COc3cc(B4OC(C)(C)C(C)(C)O4)ccc3O2)cc1. The monoisotopic (exact) mass is 380 g/mol. The second kappa shape index (κ2) is 6.82. The predicted octanol–water partition coefficient (Wildman–Crippen LogP) is 4.62. The van der Waals surface area contributed by atoms with Gasteiger partial charge in [0.1, 0.15) is 6.61 Å². The molecule has 1 saturated heterocycles. The highest BCUT2D eigenvalue weighted by molar-refractivity contribution is 6.62. The van der Waals surface area contributed by atoms with Crippen LogP contribution in [0.1, 0.15) is 64.7 Å². The summed E-state index contributed by atoms with van der Waals surface area (Å²) < 4.78 is 24.5. The Hall–Kier alpha value is -1.98. The fraction of sp³-hybridized carbons (Fsp3) is 0.478. The lowest BCUT2D eigenvalue weighted by Crippen LogP contribution is -2.41. The van der Waals surface area contributed by atoms with Crippen molar-refractivity contribution in [3.05, 3.63) is 53.6 Å². The number of rotatable bonds is 3. The van der Waals surface area contributed by atoms with Gasteiger partial charge >= 0.3 is 7.12 Å². The van der Waals surface area contributed by atoms with E-state index in [1.807, 2.05) is 18.2 Å². The molecule has 0 aliphatic carbocycles. The fourth-order valence-electron chi connectivity index (χ4n) is 3.47. The van der Waals surface area contributed by atoms with Crippen LogP contribution in [0.15, 0.2) is 42.5 Å². The van der Waals surface area contributed by atoms with E-state index in [0.717, 1.165) is 22.5 Å². The highest BCUT2D eigenvalue weighted by Gasteiger charge is 2.51. The third-order valence-corrected chi connectivity index (χ3v) is 6.13. The first kappa shape index (κ1) is 19.3. The molecule has 2 aliphatic rings. The first-order chi connectivity index (χ1) is 13.2. The molecule has 4 nitrogen and oxygen atoms in total. The molecule has 0 N–H and O–H groups in total. The van der Waals surface area contributed by atoms with Crippen LogP contribution in [0.25, 0.3) is 0 Å². The molecule has 0 spiro atoms. The molecule has 0 aromatic heterocycles. The van der Waals surface area contributed by atoms with Crippen molar-refractivity contribution in [2.24, 2.45) is 0 Å². The summed E-state index contributed by atoms with van der Waals surface area (Å²) in [5.74, 6) is 2.01. The van der Waals surface area contributed by atoms with E-state index in [4.69, 9.17) is 18.8 Å². The Kier molecular flexibility index (Phi) is 4.71. The number of hydrogen-bond acceptors (Lipinski definition) is 4. The van der Waals surface area contributed by atoms with Crippen LogP contribution in [0.3, 0.4) is 0 Å². The summed E-state index contributed by atoms with van der Waals surface area (Å²) in [6, 6.07) is 14.5. The van der Waals surface area contributed by atoms with E-state index >= 15 is 0 Å². The average Bonchev–Trinajstić information content (AvgIpc) is 2.88. The molecule has 1 fully saturated rings. The highest BCUT2D eigenvalue weighted by atomic mass is 16.7. The minimum absolute atomic E-state index is 0.101. The Morgan fingerprint density at radius 2 is 1.54 bits per heavy atom. The lowest BCUT2D eigenvalue weighted by molar-refractivity contribution is 0.00578. The van der Waals surface area contributed by atoms with E-state index in [1.54, 1.807) is 0 Å². The second-order valence-electron chi connectivity index (χ2n) is 9.03. The molecule has 1 unspecified atom stereocenters. The Bertz CT molecular complexity index is 841. The van der Waals surface area contributed by atoms with E-state index < -0.39 is 7.12 Å². The van der Waals surface area contributed by atoms with Crippen LogP contribution in [-0.2, 0) is 9.31 Å². The largest absolute Gasteiger partial charge is 0.494 e. The van der Waals surface area contributed by atoms with Gasteiger partial charge in [-0.15, -0.1) is 0 Å². The Balaban J connectivity index is 1.51. The Morgan fingerprint density at radius 3 is 2.14 bits per heavy atom. The van der Waals surface area contributed by atoms with Crippen LogP contribution < -0.4 is 14.9 Å². The van der Waals surface area contributed by atoms with Gasteiger partial charge in [0.15, 0.2) is 17.6 Å². The van der Waals surface area contributed by atoms with Crippen molar-refractivity contribution in [1.29, 1.82) is 0 Å². The second-order valence-corrected chi connectivity index (χ2v) is 9.03. The van der Waals surface area contributed by atoms with Gasteiger partial charge in [-0.25, -0.2) is 0 Å². The van der Waals surface area contributed by atoms with Crippen molar-refractivity contribution in [3.8, 4) is 11.5 Å². The normalized spacial score (nSPS) is 22.5. The maximum atomic E-state index is 6.21. The van der Waals surface area contributed by atoms with Gasteiger partial charge in [0.25, 0.3) is 0 Å². The van der Waals surface area contributed by atoms with Crippen LogP contribution in [0.5, 0.6) is 11.5 Å². The van der Waals surface area contributed by atoms with E-state index in [0.29, 0.717) is 12.5 Å². The van der Waals surface area contributed by atoms with Gasteiger partial charge in [0, 0.05) is 0 Å². The molecule has 5 heteroatoms. The molecule has 148 valence electrons. The molecule has 2 aromatic carbocycles. The number of fused-ring (bicyclic) bond motifs is 1. The zero-order valence-corrected chi connectivity index (χ0v) is 17.6. The summed E-state index contributed by atoms with van der Waals surface area (Å²) in [6.45, 7) is 13.1. The minimum Gasteiger partial charge on any atom is -0.485 e. The molecular formula is C23H29BO4. The first-order valence-electron chi connectivity index (χ1n) is 10.1. The molecule has 2 aromatic rings. The van der Waals surface area contributed by atoms with Gasteiger partial charge in [-0.05, 0) is 62.3 Å². The third kappa shape index (κ3) is 3.42. The summed E-state index contributed by atoms with van der Waals surface area (Å²) in [5, 5.41) is 0. The molecule has 1 atom stereocenters. The van der Waals surface area contributed by atoms with Gasteiger partial charge in [-0.1, -0.05) is 44.2 Å². The lowest BCUT2D eigenvalue weighted by atomic mass is 9.79. The van der Waals surface area contributed by atoms with Crippen LogP contribution in [0.2, 0.25) is 0 Å². The van der Waals surface area contributed by atoms with Crippen LogP contribution in [0.4, 0.5) is 0 Å². The van der Waals surface area contributed by atoms with Crippen molar-refractivity contribution in [2.75, 3.05) is 6.61 Å². The van der Waals surface area contributed by atoms with Gasteiger partial charge in [-0.3, -0.25) is 0 Å². The minimum atomic E-state index is -0.403. The molecule has 0 bridgehead atoms. The zero-order valence-electron chi connectivity index (χ0n) is 17.6. The summed E-state index contributed by atoms with van der Waals surface area (Å²) >= 11 is 0. The number of hydrogen-bond donors (Lipinski definition) is 0. The predicted molar refractivity (Wildman–Crippen MR) is 112 cm³/mol. The topological polar surface area (TPSA) is 36.9 Å². The molecular weight excluding hydrogens is 351 g/mol. The summed E-state index contributed by atoms with van der Waals surface area (Å²) in [5.41, 5.74) is 2.68. The molecule has 0 radical (unpaired) electrons. The zero-order chi connectivity index (χ0) is 20.1. The molecule has 28 heavy (non-hydrogen) atoms. The van der Waals surface area contributed by atoms with Crippen molar-refractivity contribution in [1.82, 2.24) is 0 Å². The molecule has 2 heterocycles. The van der Waals surface area contributed by atoms with Crippen LogP contribution >= 0.6 is 0 Å². The standard InChI is InChI=1S/C23H29BO4/c1-15(2)16-7-9-17(10-8-16)21-14-25-20-13-18(11-12-19(20)26-21)24-27-22(3,4)23(5,6)28-24/h7-13,15,21H,14H2,1-6H3. The van der Waals surface area contributed by atoms with Crippen molar-refractivity contribution in [2.45, 2.75) is 64.8 Å². The molecule has 4 rings (SSSR count). The highest BCUT2D eigenvalue weighted by Crippen LogP contribution is 2.39. The van der Waals surface area contributed by atoms with E-state index in [9.17, 15) is 0 Å². The molecule has 0 saturated carbocycles. The summed E-state index contributed by atoms with van der Waals surface area (Å²) in [6.07, 6.45) is -0.101. The van der Waals surface area contributed by atoms with Gasteiger partial charge < -0.3 is 18.8 Å². The number of ether oxygens (including phenoxy) is 2. The molecule has 0 amide bonds. The first-order valence-corrected chi connectivity index (χ1v) is 10.1. The fourth-order valence-corrected chi connectivity index (χ4v) is 3.47. The van der Waals surface area contributed by atoms with E-state index in [-0.39, 0.29) is 17.3 Å². The maximum Gasteiger partial charge on any atom is 0.494 e. The average molecular weight is 380 g/mol. The maximum absolute atomic E-state index is 6.21. The Labute approximate surface area is 168 Å². The van der Waals surface area contributed by atoms with Gasteiger partial charge in [0.05, 0.1) is 11.2 Å². The molecule has 2 aliphatic heterocycles. The van der Waals surface area contributed by atoms with E-state index in [1.165, 1.54) is 5.56 Å². The van der Waals surface area contributed by atoms with Gasteiger partial charge in [-0.2, -0.15) is 0 Å². The van der Waals surface area contributed by atoms with Crippen LogP contribution in [0, 0.1) is 0 Å². The van der Waals surface area contributed by atoms with Crippen molar-refractivity contribution < 1.29 is 18.8 Å². The number of benzene rings is 2.